The minimum Gasteiger partial charge on any atom is -0.382 e. The Bertz CT molecular complexity index is 2500. The molecule has 25 atom stereocenters. The molecule has 16 aliphatic carbocycles. The Morgan fingerprint density at radius 2 is 1.54 bits per heavy atom. The number of likely N-dealkylation sites (tertiary alicyclic amines) is 1. The molecule has 0 bridgehead atoms. The van der Waals surface area contributed by atoms with Crippen LogP contribution in [0.5, 0.6) is 0 Å². The fourth-order valence-electron chi connectivity index (χ4n) is 25.0. The number of hydrogen-bond acceptors (Lipinski definition) is 5. The van der Waals surface area contributed by atoms with Crippen LogP contribution in [-0.4, -0.2) is 44.9 Å². The highest BCUT2D eigenvalue weighted by Crippen LogP contribution is 2.91. The molecule has 302 valence electrons. The van der Waals surface area contributed by atoms with E-state index < -0.39 is 0 Å². The van der Waals surface area contributed by atoms with Crippen LogP contribution in [0.4, 0.5) is 0 Å². The highest BCUT2D eigenvalue weighted by Gasteiger charge is 2.86. The predicted molar refractivity (Wildman–Crippen MR) is 229 cm³/mol. The number of fused-ring (bicyclic) bond motifs is 1. The molecule has 3 nitrogen and oxygen atoms in total. The third kappa shape index (κ3) is 3.09. The Balaban J connectivity index is 0.884. The van der Waals surface area contributed by atoms with E-state index in [1.807, 2.05) is 24.0 Å². The summed E-state index contributed by atoms with van der Waals surface area (Å²) in [6.07, 6.45) is 13.9. The molecule has 3 heterocycles. The molecule has 5 heteroatoms. The summed E-state index contributed by atoms with van der Waals surface area (Å²) in [5.41, 5.74) is 15.1. The van der Waals surface area contributed by atoms with E-state index in [1.165, 1.54) is 42.0 Å². The number of ether oxygens (including phenoxy) is 2. The third-order valence-electron chi connectivity index (χ3n) is 24.3. The zero-order valence-electron chi connectivity index (χ0n) is 34.4. The van der Waals surface area contributed by atoms with Crippen molar-refractivity contribution < 1.29 is 9.47 Å². The van der Waals surface area contributed by atoms with Gasteiger partial charge in [0.25, 0.3) is 0 Å². The van der Waals surface area contributed by atoms with Crippen molar-refractivity contribution in [3.8, 4) is 9.75 Å². The SMILES string of the molecule is COCCOCCN1CC23CC4C=C5CC6CC7CC8CC9CC%10=C%11C%12C(=C(C%10)C2C1c1ccc(-c2cccs2)s1)C1=C3C4C2C5C3C6C7C4C8C(C%119)C5C%12C1C2C3C45. The zero-order chi connectivity index (χ0) is 37.3. The van der Waals surface area contributed by atoms with E-state index >= 15 is 0 Å². The van der Waals surface area contributed by atoms with Gasteiger partial charge >= 0.3 is 0 Å². The molecule has 0 amide bonds. The Morgan fingerprint density at radius 3 is 2.46 bits per heavy atom. The van der Waals surface area contributed by atoms with Crippen LogP contribution < -0.4 is 0 Å². The Morgan fingerprint density at radius 1 is 0.729 bits per heavy atom. The van der Waals surface area contributed by atoms with E-state index in [2.05, 4.69) is 85.4 Å². The second-order valence-electron chi connectivity index (χ2n) is 24.6. The molecule has 2 aromatic rings. The number of thiophene rings is 2. The first-order valence-corrected chi connectivity index (χ1v) is 26.8. The molecule has 1 aliphatic heterocycles. The molecule has 2 aromatic heterocycles. The summed E-state index contributed by atoms with van der Waals surface area (Å²) in [5.74, 6) is 23.1. The maximum atomic E-state index is 6.41. The average Bonchev–Trinajstić information content (AvgIpc) is 4.09. The van der Waals surface area contributed by atoms with Crippen LogP contribution in [-0.2, 0) is 9.47 Å². The first kappa shape index (κ1) is 32.0. The monoisotopic (exact) mass is 815 g/mol. The van der Waals surface area contributed by atoms with E-state index in [1.54, 1.807) is 24.1 Å². The molecule has 12 fully saturated rings. The van der Waals surface area contributed by atoms with E-state index in [4.69, 9.17) is 9.47 Å². The molecule has 17 aliphatic rings. The number of rotatable bonds is 8. The van der Waals surface area contributed by atoms with Crippen LogP contribution >= 0.6 is 22.7 Å². The van der Waals surface area contributed by atoms with E-state index in [-0.39, 0.29) is 0 Å². The predicted octanol–water partition coefficient (Wildman–Crippen LogP) is 10.4. The van der Waals surface area contributed by atoms with Crippen LogP contribution in [0.15, 0.2) is 74.7 Å². The van der Waals surface area contributed by atoms with Gasteiger partial charge in [0, 0.05) is 52.1 Å². The van der Waals surface area contributed by atoms with Gasteiger partial charge in [0.2, 0.25) is 0 Å². The largest absolute Gasteiger partial charge is 0.382 e. The summed E-state index contributed by atoms with van der Waals surface area (Å²) in [6, 6.07) is 10.2. The summed E-state index contributed by atoms with van der Waals surface area (Å²) >= 11 is 4.09. The first-order chi connectivity index (χ1) is 29.2. The summed E-state index contributed by atoms with van der Waals surface area (Å²) in [6.45, 7) is 4.55. The van der Waals surface area contributed by atoms with Crippen molar-refractivity contribution in [1.82, 2.24) is 4.90 Å². The molecule has 25 unspecified atom stereocenters. The van der Waals surface area contributed by atoms with Gasteiger partial charge in [-0.25, -0.2) is 0 Å². The molecule has 0 N–H and O–H groups in total. The first-order valence-electron chi connectivity index (χ1n) is 25.1. The Hall–Kier alpha value is -1.76. The fourth-order valence-corrected chi connectivity index (χ4v) is 27.0. The molecule has 1 spiro atoms. The van der Waals surface area contributed by atoms with E-state index in [0.29, 0.717) is 30.6 Å². The zero-order valence-corrected chi connectivity index (χ0v) is 36.0. The number of hydrogen-bond donors (Lipinski definition) is 0. The lowest BCUT2D eigenvalue weighted by molar-refractivity contribution is -0.117. The lowest BCUT2D eigenvalue weighted by Gasteiger charge is -2.60. The van der Waals surface area contributed by atoms with Gasteiger partial charge in [-0.2, -0.15) is 0 Å². The van der Waals surface area contributed by atoms with Gasteiger partial charge in [0.15, 0.2) is 0 Å². The molecule has 11 saturated carbocycles. The van der Waals surface area contributed by atoms with Gasteiger partial charge in [0.1, 0.15) is 0 Å². The third-order valence-corrected chi connectivity index (χ3v) is 26.5. The highest BCUT2D eigenvalue weighted by molar-refractivity contribution is 7.21. The summed E-state index contributed by atoms with van der Waals surface area (Å²) in [7, 11) is 1.82. The second kappa shape index (κ2) is 9.96. The van der Waals surface area contributed by atoms with Gasteiger partial charge in [-0.15, -0.1) is 22.7 Å². The van der Waals surface area contributed by atoms with Crippen molar-refractivity contribution >= 4 is 22.7 Å². The topological polar surface area (TPSA) is 21.7 Å². The van der Waals surface area contributed by atoms with Crippen molar-refractivity contribution in [1.29, 1.82) is 0 Å². The highest BCUT2D eigenvalue weighted by atomic mass is 32.1. The molecule has 0 radical (unpaired) electrons. The van der Waals surface area contributed by atoms with Gasteiger partial charge in [-0.05, 0) is 204 Å². The van der Waals surface area contributed by atoms with Crippen molar-refractivity contribution in [2.75, 3.05) is 40.0 Å². The van der Waals surface area contributed by atoms with Crippen molar-refractivity contribution in [3.63, 3.8) is 0 Å². The summed E-state index contributed by atoms with van der Waals surface area (Å²) in [5, 5.41) is 2.28. The maximum Gasteiger partial charge on any atom is 0.0700 e. The molecular weight excluding hydrogens is 759 g/mol. The van der Waals surface area contributed by atoms with Crippen molar-refractivity contribution in [3.05, 3.63) is 79.6 Å². The van der Waals surface area contributed by atoms with E-state index in [9.17, 15) is 0 Å². The molecule has 19 rings (SSSR count). The smallest absolute Gasteiger partial charge is 0.0700 e. The number of nitrogens with zero attached hydrogens (tertiary/aromatic N) is 1. The maximum absolute atomic E-state index is 6.41. The molecular formula is C54H57NO2S2. The molecule has 0 aromatic carbocycles. The number of allylic oxidation sites excluding steroid dienone is 6. The summed E-state index contributed by atoms with van der Waals surface area (Å²) < 4.78 is 11.9. The van der Waals surface area contributed by atoms with E-state index in [0.717, 1.165) is 143 Å². The van der Waals surface area contributed by atoms with Crippen molar-refractivity contribution in [2.45, 2.75) is 51.0 Å². The van der Waals surface area contributed by atoms with Crippen LogP contribution in [0, 0.1) is 142 Å². The quantitative estimate of drug-likeness (QED) is 0.196. The molecule has 59 heavy (non-hydrogen) atoms. The van der Waals surface area contributed by atoms with Crippen LogP contribution in [0.1, 0.15) is 55.9 Å². The van der Waals surface area contributed by atoms with Crippen LogP contribution in [0.2, 0.25) is 0 Å². The van der Waals surface area contributed by atoms with Gasteiger partial charge in [0.05, 0.1) is 25.9 Å². The second-order valence-corrected chi connectivity index (χ2v) is 26.7. The minimum atomic E-state index is 0.300. The Kier molecular flexibility index (Phi) is 5.40. The van der Waals surface area contributed by atoms with Gasteiger partial charge in [-0.1, -0.05) is 40.0 Å². The average molecular weight is 816 g/mol. The fraction of sp³-hybridized carbons (Fsp3) is 0.704. The van der Waals surface area contributed by atoms with Crippen molar-refractivity contribution in [2.24, 2.45) is 142 Å². The lowest BCUT2D eigenvalue weighted by Crippen LogP contribution is -2.56. The van der Waals surface area contributed by atoms with Gasteiger partial charge < -0.3 is 9.47 Å². The lowest BCUT2D eigenvalue weighted by atomic mass is 9.44. The minimum absolute atomic E-state index is 0.300. The molecule has 1 saturated heterocycles. The number of methoxy groups -OCH3 is 1. The van der Waals surface area contributed by atoms with Gasteiger partial charge in [-0.3, -0.25) is 4.90 Å². The van der Waals surface area contributed by atoms with Crippen LogP contribution in [0.3, 0.4) is 0 Å². The van der Waals surface area contributed by atoms with Crippen LogP contribution in [0.25, 0.3) is 9.75 Å². The Labute approximate surface area is 357 Å². The summed E-state index contributed by atoms with van der Waals surface area (Å²) in [4.78, 5) is 7.66. The standard InChI is InChI=1S/C54H57NO2S2/c1-56-8-9-57-7-6-55-19-54-18-26-16-24-14-21-11-20-12-23-13-22-15-25-17-27(51(54)53(55)30-5-4-29(59-30)28-3-2-10-58-28)38-43-34(25)33(22)40-35(23)39-31(20)32(21)41-36(24)42-37(26)52(54)50(38)49-47(42)45(41)44(39)46(40)48(43)49/h2-5,10,16,20-23,26,31-33,35-37,39-49,51,53H,6-9,11-15,17-19H2,1H3. The normalized spacial score (nSPS) is 59.0.